The zero-order valence-corrected chi connectivity index (χ0v) is 11.7. The molecule has 0 N–H and O–H groups in total. The fourth-order valence-corrected chi connectivity index (χ4v) is 3.64. The molecule has 0 aromatic carbocycles. The molecule has 0 saturated heterocycles. The predicted molar refractivity (Wildman–Crippen MR) is 74.9 cm³/mol. The zero-order valence-electron chi connectivity index (χ0n) is 10.8. The lowest BCUT2D eigenvalue weighted by Gasteiger charge is -2.34. The fourth-order valence-electron chi connectivity index (χ4n) is 3.54. The molecule has 0 nitrogen and oxygen atoms in total. The Hall–Kier alpha value is -0.170. The van der Waals surface area contributed by atoms with Crippen LogP contribution in [0.1, 0.15) is 46.5 Å². The molecular weight excluding hydrogens is 212 g/mol. The number of hydrogen-bond donors (Lipinski definition) is 1. The van der Waals surface area contributed by atoms with Crippen LogP contribution < -0.4 is 0 Å². The van der Waals surface area contributed by atoms with Crippen LogP contribution in [0, 0.1) is 17.8 Å². The lowest BCUT2D eigenvalue weighted by atomic mass is 9.71. The van der Waals surface area contributed by atoms with E-state index in [1.54, 1.807) is 11.1 Å². The Morgan fingerprint density at radius 1 is 1.38 bits per heavy atom. The van der Waals surface area contributed by atoms with Gasteiger partial charge in [0.1, 0.15) is 0 Å². The van der Waals surface area contributed by atoms with Crippen molar-refractivity contribution in [1.82, 2.24) is 0 Å². The molecule has 1 heteroatoms. The molecule has 3 atom stereocenters. The third kappa shape index (κ3) is 2.25. The highest BCUT2D eigenvalue weighted by molar-refractivity contribution is 7.80. The number of allylic oxidation sites excluding steroid dienone is 3. The van der Waals surface area contributed by atoms with E-state index in [1.807, 2.05) is 0 Å². The van der Waals surface area contributed by atoms with Crippen molar-refractivity contribution in [2.75, 3.05) is 5.75 Å². The maximum absolute atomic E-state index is 4.37. The van der Waals surface area contributed by atoms with Gasteiger partial charge in [0.2, 0.25) is 0 Å². The first kappa shape index (κ1) is 12.3. The molecular formula is C15H24S. The zero-order chi connectivity index (χ0) is 11.7. The van der Waals surface area contributed by atoms with E-state index in [-0.39, 0.29) is 0 Å². The summed E-state index contributed by atoms with van der Waals surface area (Å²) in [7, 11) is 0. The van der Waals surface area contributed by atoms with E-state index in [1.165, 1.54) is 31.3 Å². The minimum Gasteiger partial charge on any atom is -0.175 e. The first-order valence-electron chi connectivity index (χ1n) is 6.61. The van der Waals surface area contributed by atoms with E-state index in [2.05, 4.69) is 39.5 Å². The molecule has 0 aliphatic heterocycles. The molecule has 0 spiro atoms. The molecule has 2 rings (SSSR count). The van der Waals surface area contributed by atoms with Gasteiger partial charge in [-0.25, -0.2) is 0 Å². The molecule has 0 bridgehead atoms. The summed E-state index contributed by atoms with van der Waals surface area (Å²) in [5.74, 6) is 3.44. The molecule has 0 radical (unpaired) electrons. The van der Waals surface area contributed by atoms with Crippen LogP contribution in [0.15, 0.2) is 22.8 Å². The minimum absolute atomic E-state index is 0.732. The van der Waals surface area contributed by atoms with Gasteiger partial charge in [-0.3, -0.25) is 0 Å². The summed E-state index contributed by atoms with van der Waals surface area (Å²) in [5.41, 5.74) is 4.92. The van der Waals surface area contributed by atoms with E-state index in [0.717, 1.165) is 23.5 Å². The molecule has 90 valence electrons. The normalized spacial score (nSPS) is 35.5. The predicted octanol–water partition coefficient (Wildman–Crippen LogP) is 4.64. The Kier molecular flexibility index (Phi) is 3.84. The quantitative estimate of drug-likeness (QED) is 0.524. The molecule has 2 aliphatic rings. The summed E-state index contributed by atoms with van der Waals surface area (Å²) >= 11 is 4.37. The summed E-state index contributed by atoms with van der Waals surface area (Å²) in [6, 6.07) is 0. The molecule has 0 aromatic heterocycles. The van der Waals surface area contributed by atoms with Gasteiger partial charge in [0.05, 0.1) is 0 Å². The van der Waals surface area contributed by atoms with Crippen LogP contribution in [0.25, 0.3) is 0 Å². The number of rotatable bonds is 2. The molecule has 2 aliphatic carbocycles. The Bertz CT molecular complexity index is 324. The largest absolute Gasteiger partial charge is 0.175 e. The molecule has 0 unspecified atom stereocenters. The van der Waals surface area contributed by atoms with Crippen LogP contribution in [-0.4, -0.2) is 5.75 Å². The molecule has 0 aromatic rings. The average Bonchev–Trinajstić information content (AvgIpc) is 2.66. The van der Waals surface area contributed by atoms with E-state index < -0.39 is 0 Å². The van der Waals surface area contributed by atoms with Crippen LogP contribution in [0.3, 0.4) is 0 Å². The van der Waals surface area contributed by atoms with Crippen LogP contribution in [0.2, 0.25) is 0 Å². The van der Waals surface area contributed by atoms with Crippen LogP contribution in [0.5, 0.6) is 0 Å². The third-order valence-corrected chi connectivity index (χ3v) is 4.98. The lowest BCUT2D eigenvalue weighted by Crippen LogP contribution is -2.23. The lowest BCUT2D eigenvalue weighted by molar-refractivity contribution is 0.300. The Balaban J connectivity index is 2.24. The smallest absolute Gasteiger partial charge is 0.0110 e. The van der Waals surface area contributed by atoms with Crippen LogP contribution in [0.4, 0.5) is 0 Å². The SMILES string of the molecule is CC1=C2[C@H](/C=C(\C)CS)CC[C@@H](C)[C@H]2CC1. The van der Waals surface area contributed by atoms with Crippen LogP contribution >= 0.6 is 12.6 Å². The van der Waals surface area contributed by atoms with E-state index in [0.29, 0.717) is 0 Å². The van der Waals surface area contributed by atoms with Gasteiger partial charge in [-0.2, -0.15) is 12.6 Å². The van der Waals surface area contributed by atoms with Crippen molar-refractivity contribution in [2.24, 2.45) is 17.8 Å². The second-order valence-electron chi connectivity index (χ2n) is 5.71. The molecule has 1 saturated carbocycles. The van der Waals surface area contributed by atoms with Crippen LogP contribution in [-0.2, 0) is 0 Å². The maximum atomic E-state index is 4.37. The Morgan fingerprint density at radius 3 is 2.81 bits per heavy atom. The van der Waals surface area contributed by atoms with Crippen molar-refractivity contribution in [1.29, 1.82) is 0 Å². The van der Waals surface area contributed by atoms with Gasteiger partial charge >= 0.3 is 0 Å². The molecule has 0 amide bonds. The summed E-state index contributed by atoms with van der Waals surface area (Å²) in [6.07, 6.45) is 8.00. The van der Waals surface area contributed by atoms with E-state index >= 15 is 0 Å². The molecule has 0 heterocycles. The summed E-state index contributed by atoms with van der Waals surface area (Å²) < 4.78 is 0. The number of hydrogen-bond acceptors (Lipinski definition) is 1. The summed E-state index contributed by atoms with van der Waals surface area (Å²) in [5, 5.41) is 0. The summed E-state index contributed by atoms with van der Waals surface area (Å²) in [6.45, 7) is 7.00. The van der Waals surface area contributed by atoms with Crippen molar-refractivity contribution < 1.29 is 0 Å². The Labute approximate surface area is 106 Å². The molecule has 1 fully saturated rings. The topological polar surface area (TPSA) is 0 Å². The first-order chi connectivity index (χ1) is 7.63. The van der Waals surface area contributed by atoms with E-state index in [9.17, 15) is 0 Å². The van der Waals surface area contributed by atoms with Gasteiger partial charge in [0.15, 0.2) is 0 Å². The van der Waals surface area contributed by atoms with E-state index in [4.69, 9.17) is 0 Å². The van der Waals surface area contributed by atoms with Gasteiger partial charge in [-0.1, -0.05) is 29.7 Å². The van der Waals surface area contributed by atoms with Crippen molar-refractivity contribution in [2.45, 2.75) is 46.5 Å². The fraction of sp³-hybridized carbons (Fsp3) is 0.733. The Morgan fingerprint density at radius 2 is 2.12 bits per heavy atom. The monoisotopic (exact) mass is 236 g/mol. The second-order valence-corrected chi connectivity index (χ2v) is 6.03. The van der Waals surface area contributed by atoms with Gasteiger partial charge in [-0.05, 0) is 57.3 Å². The molecule has 16 heavy (non-hydrogen) atoms. The highest BCUT2D eigenvalue weighted by Crippen LogP contribution is 2.48. The maximum Gasteiger partial charge on any atom is 0.0110 e. The average molecular weight is 236 g/mol. The van der Waals surface area contributed by atoms with Crippen molar-refractivity contribution in [3.05, 3.63) is 22.8 Å². The van der Waals surface area contributed by atoms with Gasteiger partial charge in [-0.15, -0.1) is 0 Å². The van der Waals surface area contributed by atoms with Gasteiger partial charge in [0, 0.05) is 5.75 Å². The highest BCUT2D eigenvalue weighted by Gasteiger charge is 2.35. The standard InChI is InChI=1S/C15H24S/c1-10(9-16)8-13-6-4-11(2)14-7-5-12(3)15(13)14/h8,11,13-14,16H,4-7,9H2,1-3H3/b10-8+/t11-,13+,14-/m1/s1. The van der Waals surface area contributed by atoms with Crippen molar-refractivity contribution in [3.63, 3.8) is 0 Å². The van der Waals surface area contributed by atoms with Crippen molar-refractivity contribution >= 4 is 12.6 Å². The summed E-state index contributed by atoms with van der Waals surface area (Å²) in [4.78, 5) is 0. The second kappa shape index (κ2) is 5.00. The number of fused-ring (bicyclic) bond motifs is 1. The number of thiol groups is 1. The first-order valence-corrected chi connectivity index (χ1v) is 7.24. The minimum atomic E-state index is 0.732. The van der Waals surface area contributed by atoms with Crippen molar-refractivity contribution in [3.8, 4) is 0 Å². The highest BCUT2D eigenvalue weighted by atomic mass is 32.1. The third-order valence-electron chi connectivity index (χ3n) is 4.48. The van der Waals surface area contributed by atoms with Gasteiger partial charge in [0.25, 0.3) is 0 Å². The van der Waals surface area contributed by atoms with Gasteiger partial charge < -0.3 is 0 Å².